The number of benzene rings is 3. The lowest BCUT2D eigenvalue weighted by atomic mass is 10.2. The Hall–Kier alpha value is -4.53. The number of para-hydroxylation sites is 1. The number of hydrogen-bond donors (Lipinski definition) is 0. The number of rotatable bonds is 5. The molecule has 0 aliphatic carbocycles. The maximum atomic E-state index is 13.2. The Morgan fingerprint density at radius 3 is 2.30 bits per heavy atom. The van der Waals surface area contributed by atoms with Crippen LogP contribution in [0.5, 0.6) is 5.75 Å². The lowest BCUT2D eigenvalue weighted by Crippen LogP contribution is -2.33. The maximum Gasteiger partial charge on any atom is 0.434 e. The fourth-order valence-corrected chi connectivity index (χ4v) is 4.29. The first-order valence-electron chi connectivity index (χ1n) is 11.8. The Morgan fingerprint density at radius 2 is 1.59 bits per heavy atom. The number of carbonyl (C=O) groups excluding carboxylic acids is 1. The summed E-state index contributed by atoms with van der Waals surface area (Å²) in [5, 5.41) is 0.409. The van der Waals surface area contributed by atoms with E-state index in [1.807, 2.05) is 30.3 Å². The molecule has 2 aromatic heterocycles. The number of carbonyl (C=O) groups is 1. The third-order valence-corrected chi connectivity index (χ3v) is 5.97. The van der Waals surface area contributed by atoms with Crippen LogP contribution in [-0.2, 0) is 17.8 Å². The van der Waals surface area contributed by atoms with Gasteiger partial charge in [-0.1, -0.05) is 30.3 Å². The molecular weight excluding hydrogens is 474 g/mol. The third kappa shape index (κ3) is 4.67. The summed E-state index contributed by atoms with van der Waals surface area (Å²) in [5.41, 5.74) is 2.03. The minimum atomic E-state index is -0.738. The molecule has 0 fully saturated rings. The van der Waals surface area contributed by atoms with E-state index in [1.54, 1.807) is 68.8 Å². The van der Waals surface area contributed by atoms with Crippen LogP contribution in [0, 0.1) is 0 Å². The van der Waals surface area contributed by atoms with Crippen molar-refractivity contribution in [2.45, 2.75) is 39.5 Å². The summed E-state index contributed by atoms with van der Waals surface area (Å²) < 4.78 is 20.4. The van der Waals surface area contributed by atoms with Crippen molar-refractivity contribution in [3.05, 3.63) is 98.8 Å². The zero-order valence-electron chi connectivity index (χ0n) is 21.1. The van der Waals surface area contributed by atoms with Gasteiger partial charge < -0.3 is 13.9 Å². The monoisotopic (exact) mass is 501 g/mol. The predicted octanol–water partition coefficient (Wildman–Crippen LogP) is 4.60. The molecule has 9 nitrogen and oxygen atoms in total. The zero-order chi connectivity index (χ0) is 26.3. The highest BCUT2D eigenvalue weighted by atomic mass is 16.6. The largest absolute Gasteiger partial charge is 0.497 e. The van der Waals surface area contributed by atoms with Gasteiger partial charge in [0, 0.05) is 0 Å². The van der Waals surface area contributed by atoms with Gasteiger partial charge in [0.25, 0.3) is 5.56 Å². The summed E-state index contributed by atoms with van der Waals surface area (Å²) in [6, 6.07) is 19.7. The normalized spacial score (nSPS) is 11.8. The lowest BCUT2D eigenvalue weighted by Gasteiger charge is -2.21. The van der Waals surface area contributed by atoms with Crippen molar-refractivity contribution in [3.8, 4) is 5.75 Å². The van der Waals surface area contributed by atoms with Crippen molar-refractivity contribution in [1.29, 1.82) is 0 Å². The molecule has 5 rings (SSSR count). The second-order valence-corrected chi connectivity index (χ2v) is 9.78. The molecule has 0 amide bonds. The summed E-state index contributed by atoms with van der Waals surface area (Å²) in [6.07, 6.45) is -0.649. The first-order valence-corrected chi connectivity index (χ1v) is 11.8. The van der Waals surface area contributed by atoms with E-state index in [1.165, 1.54) is 9.36 Å². The van der Waals surface area contributed by atoms with Crippen LogP contribution in [0.15, 0.2) is 80.7 Å². The number of oxazole rings is 1. The van der Waals surface area contributed by atoms with Crippen molar-refractivity contribution in [2.75, 3.05) is 7.11 Å². The number of hydrogen-bond acceptors (Lipinski definition) is 6. The van der Waals surface area contributed by atoms with Crippen LogP contribution in [0.1, 0.15) is 31.9 Å². The van der Waals surface area contributed by atoms with Crippen LogP contribution >= 0.6 is 0 Å². The van der Waals surface area contributed by atoms with Gasteiger partial charge >= 0.3 is 11.8 Å². The Balaban J connectivity index is 1.52. The molecule has 0 bridgehead atoms. The van der Waals surface area contributed by atoms with Gasteiger partial charge in [0.15, 0.2) is 5.58 Å². The van der Waals surface area contributed by atoms with Crippen molar-refractivity contribution >= 4 is 28.1 Å². The Labute approximate surface area is 212 Å². The predicted molar refractivity (Wildman–Crippen MR) is 140 cm³/mol. The van der Waals surface area contributed by atoms with Crippen LogP contribution in [0.4, 0.5) is 4.79 Å². The molecule has 190 valence electrons. The van der Waals surface area contributed by atoms with Gasteiger partial charge in [-0.05, 0) is 68.3 Å². The van der Waals surface area contributed by atoms with Gasteiger partial charge in [-0.25, -0.2) is 14.3 Å². The fraction of sp³-hybridized carbons (Fsp3) is 0.250. The molecule has 9 heteroatoms. The van der Waals surface area contributed by atoms with Crippen LogP contribution < -0.4 is 16.1 Å². The second-order valence-electron chi connectivity index (χ2n) is 9.78. The Morgan fingerprint density at radius 1 is 0.892 bits per heavy atom. The molecule has 37 heavy (non-hydrogen) atoms. The van der Waals surface area contributed by atoms with Crippen molar-refractivity contribution < 1.29 is 18.7 Å². The highest BCUT2D eigenvalue weighted by molar-refractivity contribution is 5.88. The molecule has 0 aliphatic rings. The highest BCUT2D eigenvalue weighted by Gasteiger charge is 2.24. The van der Waals surface area contributed by atoms with E-state index in [-0.39, 0.29) is 12.1 Å². The summed E-state index contributed by atoms with van der Waals surface area (Å²) >= 11 is 0. The second kappa shape index (κ2) is 9.16. The Bertz CT molecular complexity index is 1730. The van der Waals surface area contributed by atoms with Crippen LogP contribution in [0.3, 0.4) is 0 Å². The highest BCUT2D eigenvalue weighted by Crippen LogP contribution is 2.20. The van der Waals surface area contributed by atoms with Gasteiger partial charge in [-0.2, -0.15) is 4.68 Å². The summed E-state index contributed by atoms with van der Waals surface area (Å²) in [4.78, 5) is 39.0. The van der Waals surface area contributed by atoms with Crippen LogP contribution in [0.25, 0.3) is 22.0 Å². The third-order valence-electron chi connectivity index (χ3n) is 5.97. The van der Waals surface area contributed by atoms with Crippen molar-refractivity contribution in [3.63, 3.8) is 0 Å². The van der Waals surface area contributed by atoms with Crippen LogP contribution in [0.2, 0.25) is 0 Å². The molecule has 3 aromatic carbocycles. The topological polar surface area (TPSA) is 97.6 Å². The molecule has 0 saturated carbocycles. The van der Waals surface area contributed by atoms with E-state index >= 15 is 0 Å². The summed E-state index contributed by atoms with van der Waals surface area (Å²) in [5.74, 6) is 0.250. The average molecular weight is 502 g/mol. The molecule has 5 aromatic rings. The number of fused-ring (bicyclic) bond motifs is 2. The molecule has 0 unspecified atom stereocenters. The standard InChI is InChI=1S/C28H27N3O6/c1-28(2,3)37-27(34)31-22-8-6-5-7-21(22)25(32)30(31)17-19-11-14-23-24(15-19)36-26(33)29(23)16-18-9-12-20(35-4)13-10-18/h5-15H,16-17H2,1-4H3. The molecule has 2 heterocycles. The molecule has 0 spiro atoms. The first-order chi connectivity index (χ1) is 17.6. The lowest BCUT2D eigenvalue weighted by molar-refractivity contribution is 0.0499. The molecule has 0 aliphatic heterocycles. The molecule has 0 atom stereocenters. The number of aromatic nitrogens is 3. The van der Waals surface area contributed by atoms with Gasteiger partial charge in [0.2, 0.25) is 0 Å². The van der Waals surface area contributed by atoms with Gasteiger partial charge in [-0.15, -0.1) is 0 Å². The number of methoxy groups -OCH3 is 1. The molecular formula is C28H27N3O6. The van der Waals surface area contributed by atoms with Crippen molar-refractivity contribution in [2.24, 2.45) is 0 Å². The maximum absolute atomic E-state index is 13.2. The van der Waals surface area contributed by atoms with Gasteiger partial charge in [0.1, 0.15) is 11.4 Å². The smallest absolute Gasteiger partial charge is 0.434 e. The van der Waals surface area contributed by atoms with Crippen molar-refractivity contribution in [1.82, 2.24) is 13.9 Å². The SMILES string of the molecule is COc1ccc(Cn2c(=O)oc3cc(Cn4c(=O)c5ccccc5n4C(=O)OC(C)(C)C)ccc32)cc1. The van der Waals surface area contributed by atoms with Crippen LogP contribution in [-0.4, -0.2) is 32.7 Å². The summed E-state index contributed by atoms with van der Waals surface area (Å²) in [7, 11) is 1.60. The minimum Gasteiger partial charge on any atom is -0.497 e. The van der Waals surface area contributed by atoms with E-state index < -0.39 is 17.5 Å². The van der Waals surface area contributed by atoms with E-state index in [2.05, 4.69) is 0 Å². The fourth-order valence-electron chi connectivity index (χ4n) is 4.29. The Kier molecular flexibility index (Phi) is 5.99. The number of nitrogens with zero attached hydrogens (tertiary/aromatic N) is 3. The molecule has 0 radical (unpaired) electrons. The van der Waals surface area contributed by atoms with E-state index in [0.717, 1.165) is 11.3 Å². The summed E-state index contributed by atoms with van der Waals surface area (Å²) in [6.45, 7) is 5.72. The van der Waals surface area contributed by atoms with E-state index in [4.69, 9.17) is 13.9 Å². The van der Waals surface area contributed by atoms with Gasteiger partial charge in [0.05, 0.1) is 36.6 Å². The minimum absolute atomic E-state index is 0.0794. The number of ether oxygens (including phenoxy) is 2. The molecule has 0 N–H and O–H groups in total. The van der Waals surface area contributed by atoms with E-state index in [0.29, 0.717) is 34.1 Å². The zero-order valence-corrected chi connectivity index (χ0v) is 21.1. The van der Waals surface area contributed by atoms with Gasteiger partial charge in [-0.3, -0.25) is 9.36 Å². The average Bonchev–Trinajstić information content (AvgIpc) is 3.31. The van der Waals surface area contributed by atoms with E-state index in [9.17, 15) is 14.4 Å². The first kappa shape index (κ1) is 24.2. The molecule has 0 saturated heterocycles. The quantitative estimate of drug-likeness (QED) is 0.349.